The van der Waals surface area contributed by atoms with Crippen molar-refractivity contribution in [1.29, 1.82) is 0 Å². The lowest BCUT2D eigenvalue weighted by molar-refractivity contribution is 0.101. The summed E-state index contributed by atoms with van der Waals surface area (Å²) in [7, 11) is 1.75. The van der Waals surface area contributed by atoms with Gasteiger partial charge in [0.05, 0.1) is 5.69 Å². The maximum absolute atomic E-state index is 12.8. The Balaban J connectivity index is 1.44. The Labute approximate surface area is 197 Å². The normalized spacial score (nSPS) is 10.4. The van der Waals surface area contributed by atoms with Crippen LogP contribution >= 0.6 is 0 Å². The van der Waals surface area contributed by atoms with Gasteiger partial charge in [-0.3, -0.25) is 14.3 Å². The molecule has 0 aliphatic carbocycles. The molecule has 0 spiro atoms. The van der Waals surface area contributed by atoms with Gasteiger partial charge in [0.1, 0.15) is 18.2 Å². The van der Waals surface area contributed by atoms with Crippen molar-refractivity contribution in [2.45, 2.75) is 0 Å². The zero-order valence-corrected chi connectivity index (χ0v) is 18.5. The number of carbonyl (C=O) groups is 2. The molecule has 0 unspecified atom stereocenters. The molecule has 0 radical (unpaired) electrons. The molecule has 7 nitrogen and oxygen atoms in total. The van der Waals surface area contributed by atoms with E-state index in [1.807, 2.05) is 12.1 Å². The lowest BCUT2D eigenvalue weighted by Gasteiger charge is -2.07. The molecule has 3 aromatic carbocycles. The molecule has 0 bridgehead atoms. The molecule has 0 fully saturated rings. The highest BCUT2D eigenvalue weighted by Gasteiger charge is 2.14. The van der Waals surface area contributed by atoms with Gasteiger partial charge in [-0.15, -0.1) is 6.42 Å². The van der Waals surface area contributed by atoms with E-state index >= 15 is 0 Å². The molecule has 0 aliphatic heterocycles. The minimum absolute atomic E-state index is 0.157. The zero-order chi connectivity index (χ0) is 24.1. The van der Waals surface area contributed by atoms with Crippen LogP contribution in [0.1, 0.15) is 26.3 Å². The van der Waals surface area contributed by atoms with Crippen molar-refractivity contribution in [3.8, 4) is 29.4 Å². The van der Waals surface area contributed by atoms with Crippen LogP contribution in [0.5, 0.6) is 5.75 Å². The van der Waals surface area contributed by atoms with E-state index in [0.29, 0.717) is 33.9 Å². The highest BCUT2D eigenvalue weighted by molar-refractivity contribution is 6.10. The minimum atomic E-state index is -0.305. The molecule has 1 aromatic heterocycles. The van der Waals surface area contributed by atoms with Gasteiger partial charge in [0.15, 0.2) is 5.78 Å². The topological polar surface area (TPSA) is 99.2 Å². The third-order valence-corrected chi connectivity index (χ3v) is 5.18. The van der Waals surface area contributed by atoms with Crippen LogP contribution in [0.15, 0.2) is 78.9 Å². The molecule has 0 aliphatic rings. The monoisotopic (exact) mass is 450 g/mol. The highest BCUT2D eigenvalue weighted by Crippen LogP contribution is 2.23. The number of aryl methyl sites for hydroxylation is 1. The number of aromatic nitrogens is 2. The van der Waals surface area contributed by atoms with Gasteiger partial charge in [-0.1, -0.05) is 30.2 Å². The summed E-state index contributed by atoms with van der Waals surface area (Å²) in [4.78, 5) is 25.5. The minimum Gasteiger partial charge on any atom is -0.481 e. The van der Waals surface area contributed by atoms with Crippen LogP contribution in [0.2, 0.25) is 0 Å². The van der Waals surface area contributed by atoms with Gasteiger partial charge in [-0.05, 0) is 48.5 Å². The summed E-state index contributed by atoms with van der Waals surface area (Å²) in [6.45, 7) is 0.165. The van der Waals surface area contributed by atoms with Gasteiger partial charge in [-0.2, -0.15) is 5.10 Å². The van der Waals surface area contributed by atoms with E-state index in [4.69, 9.17) is 16.9 Å². The number of carbonyl (C=O) groups excluding carboxylic acids is 2. The van der Waals surface area contributed by atoms with Crippen molar-refractivity contribution in [3.05, 3.63) is 95.6 Å². The number of terminal acetylenes is 1. The number of hydrogen-bond acceptors (Lipinski definition) is 5. The number of nitrogens with zero attached hydrogens (tertiary/aromatic N) is 2. The standard InChI is InChI=1S/C27H22N4O3/c1-3-16-34-23-14-10-20(11-15-23)26(32)19-4-6-21(7-5-19)27(33)29-25-17-24(30-31(25)2)18-8-12-22(28)13-9-18/h1,4-15,17H,16,28H2,2H3,(H,29,33). The van der Waals surface area contributed by atoms with E-state index in [1.54, 1.807) is 78.5 Å². The Morgan fingerprint density at radius 1 is 0.971 bits per heavy atom. The van der Waals surface area contributed by atoms with Gasteiger partial charge in [0, 0.05) is 41.1 Å². The molecule has 1 amide bonds. The van der Waals surface area contributed by atoms with Crippen LogP contribution in [-0.2, 0) is 7.05 Å². The van der Waals surface area contributed by atoms with E-state index in [1.165, 1.54) is 0 Å². The van der Waals surface area contributed by atoms with Crippen LogP contribution in [0.4, 0.5) is 11.5 Å². The molecule has 4 rings (SSSR count). The summed E-state index contributed by atoms with van der Waals surface area (Å²) in [6.07, 6.45) is 5.18. The predicted molar refractivity (Wildman–Crippen MR) is 132 cm³/mol. The fourth-order valence-electron chi connectivity index (χ4n) is 3.33. The van der Waals surface area contributed by atoms with E-state index in [2.05, 4.69) is 16.3 Å². The number of hydrogen-bond donors (Lipinski definition) is 2. The fraction of sp³-hybridized carbons (Fsp3) is 0.0741. The molecule has 34 heavy (non-hydrogen) atoms. The molecule has 168 valence electrons. The van der Waals surface area contributed by atoms with Crippen molar-refractivity contribution >= 4 is 23.2 Å². The average Bonchev–Trinajstić information content (AvgIpc) is 3.23. The third-order valence-electron chi connectivity index (χ3n) is 5.18. The average molecular weight is 450 g/mol. The van der Waals surface area contributed by atoms with Crippen LogP contribution in [0, 0.1) is 12.3 Å². The number of anilines is 2. The second-order valence-corrected chi connectivity index (χ2v) is 7.54. The van der Waals surface area contributed by atoms with Gasteiger partial charge in [-0.25, -0.2) is 0 Å². The highest BCUT2D eigenvalue weighted by atomic mass is 16.5. The first-order valence-electron chi connectivity index (χ1n) is 10.5. The van der Waals surface area contributed by atoms with Crippen LogP contribution in [0.3, 0.4) is 0 Å². The largest absolute Gasteiger partial charge is 0.481 e. The van der Waals surface area contributed by atoms with E-state index in [-0.39, 0.29) is 18.3 Å². The van der Waals surface area contributed by atoms with Crippen LogP contribution < -0.4 is 15.8 Å². The summed E-state index contributed by atoms with van der Waals surface area (Å²) in [5.74, 6) is 3.07. The number of ketones is 1. The molecule has 0 saturated carbocycles. The van der Waals surface area contributed by atoms with E-state index < -0.39 is 0 Å². The van der Waals surface area contributed by atoms with Gasteiger partial charge in [0.25, 0.3) is 5.91 Å². The van der Waals surface area contributed by atoms with Crippen molar-refractivity contribution < 1.29 is 14.3 Å². The maximum atomic E-state index is 12.8. The van der Waals surface area contributed by atoms with Crippen LogP contribution in [-0.4, -0.2) is 28.1 Å². The van der Waals surface area contributed by atoms with Crippen molar-refractivity contribution in [3.63, 3.8) is 0 Å². The van der Waals surface area contributed by atoms with Crippen molar-refractivity contribution in [2.24, 2.45) is 7.05 Å². The predicted octanol–water partition coefficient (Wildman–Crippen LogP) is 4.16. The van der Waals surface area contributed by atoms with Crippen LogP contribution in [0.25, 0.3) is 11.3 Å². The lowest BCUT2D eigenvalue weighted by Crippen LogP contribution is -2.14. The smallest absolute Gasteiger partial charge is 0.256 e. The first kappa shape index (κ1) is 22.4. The third kappa shape index (κ3) is 4.97. The second kappa shape index (κ2) is 9.76. The summed E-state index contributed by atoms with van der Waals surface area (Å²) in [5, 5.41) is 7.30. The quantitative estimate of drug-likeness (QED) is 0.250. The number of benzene rings is 3. The Kier molecular flexibility index (Phi) is 6.42. The number of nitrogen functional groups attached to an aromatic ring is 1. The number of rotatable bonds is 7. The van der Waals surface area contributed by atoms with E-state index in [9.17, 15) is 9.59 Å². The molecule has 1 heterocycles. The zero-order valence-electron chi connectivity index (χ0n) is 18.5. The molecular weight excluding hydrogens is 428 g/mol. The number of ether oxygens (including phenoxy) is 1. The SMILES string of the molecule is C#CCOc1ccc(C(=O)c2ccc(C(=O)Nc3cc(-c4ccc(N)cc4)nn3C)cc2)cc1. The molecule has 0 atom stereocenters. The van der Waals surface area contributed by atoms with Gasteiger partial charge >= 0.3 is 0 Å². The van der Waals surface area contributed by atoms with Crippen molar-refractivity contribution in [2.75, 3.05) is 17.7 Å². The molecular formula is C27H22N4O3. The number of nitrogens with one attached hydrogen (secondary N) is 1. The summed E-state index contributed by atoms with van der Waals surface area (Å²) in [6, 6.07) is 22.4. The Morgan fingerprint density at radius 2 is 1.56 bits per heavy atom. The van der Waals surface area contributed by atoms with Gasteiger partial charge in [0.2, 0.25) is 0 Å². The fourth-order valence-corrected chi connectivity index (χ4v) is 3.33. The Morgan fingerprint density at radius 3 is 2.18 bits per heavy atom. The summed E-state index contributed by atoms with van der Waals surface area (Å²) >= 11 is 0. The Bertz CT molecular complexity index is 1360. The molecule has 3 N–H and O–H groups in total. The first-order chi connectivity index (χ1) is 16.4. The number of nitrogens with two attached hydrogens (primary N) is 1. The second-order valence-electron chi connectivity index (χ2n) is 7.54. The molecule has 7 heteroatoms. The first-order valence-corrected chi connectivity index (χ1v) is 10.5. The Hall–Kier alpha value is -4.83. The van der Waals surface area contributed by atoms with Crippen molar-refractivity contribution in [1.82, 2.24) is 9.78 Å². The van der Waals surface area contributed by atoms with Gasteiger partial charge < -0.3 is 15.8 Å². The summed E-state index contributed by atoms with van der Waals surface area (Å²) < 4.78 is 6.92. The summed E-state index contributed by atoms with van der Waals surface area (Å²) in [5.41, 5.74) is 9.42. The maximum Gasteiger partial charge on any atom is 0.256 e. The molecule has 0 saturated heterocycles. The number of amides is 1. The van der Waals surface area contributed by atoms with E-state index in [0.717, 1.165) is 11.3 Å². The lowest BCUT2D eigenvalue weighted by atomic mass is 10.0. The molecule has 4 aromatic rings.